The molecule has 0 saturated carbocycles. The lowest BCUT2D eigenvalue weighted by Gasteiger charge is -2.21. The molecule has 1 heterocycles. The smallest absolute Gasteiger partial charge is 0.123 e. The zero-order valence-corrected chi connectivity index (χ0v) is 11.0. The van der Waals surface area contributed by atoms with E-state index in [1.807, 2.05) is 30.1 Å². The molecule has 0 spiro atoms. The molecule has 0 aliphatic heterocycles. The molecular weight excluding hydrogens is 253 g/mol. The average Bonchev–Trinajstić information content (AvgIpc) is 2.48. The Bertz CT molecular complexity index is 753. The largest absolute Gasteiger partial charge is 0.398 e. The fourth-order valence-electron chi connectivity index (χ4n) is 2.29. The molecule has 0 atom stereocenters. The van der Waals surface area contributed by atoms with Crippen LogP contribution in [-0.2, 0) is 0 Å². The number of pyridine rings is 1. The lowest BCUT2D eigenvalue weighted by molar-refractivity contribution is 0.628. The minimum atomic E-state index is -0.244. The Morgan fingerprint density at radius 2 is 1.75 bits per heavy atom. The fourth-order valence-corrected chi connectivity index (χ4v) is 2.29. The summed E-state index contributed by atoms with van der Waals surface area (Å²) in [7, 11) is 1.94. The van der Waals surface area contributed by atoms with E-state index in [0.717, 1.165) is 27.8 Å². The van der Waals surface area contributed by atoms with E-state index in [0.29, 0.717) is 0 Å². The van der Waals surface area contributed by atoms with Crippen molar-refractivity contribution in [1.82, 2.24) is 4.98 Å². The third kappa shape index (κ3) is 2.05. The number of nitrogens with two attached hydrogens (primary N) is 1. The first-order chi connectivity index (χ1) is 9.66. The summed E-state index contributed by atoms with van der Waals surface area (Å²) in [5, 5.41) is 1.94. The minimum absolute atomic E-state index is 0.244. The van der Waals surface area contributed by atoms with Crippen LogP contribution in [0.25, 0.3) is 10.8 Å². The maximum Gasteiger partial charge on any atom is 0.123 e. The van der Waals surface area contributed by atoms with Gasteiger partial charge >= 0.3 is 0 Å². The van der Waals surface area contributed by atoms with Crippen molar-refractivity contribution in [1.29, 1.82) is 0 Å². The first-order valence-corrected chi connectivity index (χ1v) is 6.28. The number of aromatic nitrogens is 1. The second-order valence-corrected chi connectivity index (χ2v) is 4.63. The van der Waals surface area contributed by atoms with Crippen molar-refractivity contribution >= 4 is 27.8 Å². The molecule has 1 aromatic heterocycles. The predicted molar refractivity (Wildman–Crippen MR) is 80.6 cm³/mol. The first kappa shape index (κ1) is 12.4. The van der Waals surface area contributed by atoms with Crippen LogP contribution in [0.3, 0.4) is 0 Å². The summed E-state index contributed by atoms with van der Waals surface area (Å²) >= 11 is 0. The maximum atomic E-state index is 13.0. The summed E-state index contributed by atoms with van der Waals surface area (Å²) in [6.45, 7) is 0. The van der Waals surface area contributed by atoms with Crippen molar-refractivity contribution in [3.05, 3.63) is 60.7 Å². The number of rotatable bonds is 2. The maximum absolute atomic E-state index is 13.0. The summed E-state index contributed by atoms with van der Waals surface area (Å²) in [6.07, 6.45) is 3.52. The van der Waals surface area contributed by atoms with Crippen LogP contribution in [0.1, 0.15) is 0 Å². The molecule has 20 heavy (non-hydrogen) atoms. The van der Waals surface area contributed by atoms with Gasteiger partial charge in [0.2, 0.25) is 0 Å². The van der Waals surface area contributed by atoms with Gasteiger partial charge in [0, 0.05) is 41.6 Å². The van der Waals surface area contributed by atoms with Crippen LogP contribution in [0.15, 0.2) is 54.9 Å². The van der Waals surface area contributed by atoms with Gasteiger partial charge < -0.3 is 10.6 Å². The van der Waals surface area contributed by atoms with Crippen molar-refractivity contribution in [3.8, 4) is 0 Å². The highest BCUT2D eigenvalue weighted by Gasteiger charge is 2.10. The van der Waals surface area contributed by atoms with Gasteiger partial charge in [0.1, 0.15) is 5.82 Å². The van der Waals surface area contributed by atoms with Gasteiger partial charge in [-0.25, -0.2) is 4.39 Å². The van der Waals surface area contributed by atoms with Gasteiger partial charge in [-0.3, -0.25) is 4.98 Å². The number of benzene rings is 2. The first-order valence-electron chi connectivity index (χ1n) is 6.28. The van der Waals surface area contributed by atoms with Crippen molar-refractivity contribution < 1.29 is 4.39 Å². The molecule has 2 aromatic carbocycles. The van der Waals surface area contributed by atoms with Crippen LogP contribution < -0.4 is 10.6 Å². The summed E-state index contributed by atoms with van der Waals surface area (Å²) in [4.78, 5) is 6.15. The molecule has 0 unspecified atom stereocenters. The van der Waals surface area contributed by atoms with E-state index in [-0.39, 0.29) is 5.82 Å². The van der Waals surface area contributed by atoms with Gasteiger partial charge in [0.15, 0.2) is 0 Å². The Kier molecular flexibility index (Phi) is 2.99. The fraction of sp³-hybridized carbons (Fsp3) is 0.0625. The Hall–Kier alpha value is -2.62. The Labute approximate surface area is 116 Å². The topological polar surface area (TPSA) is 42.1 Å². The molecule has 100 valence electrons. The van der Waals surface area contributed by atoms with Gasteiger partial charge in [-0.1, -0.05) is 0 Å². The Morgan fingerprint density at radius 1 is 1.00 bits per heavy atom. The van der Waals surface area contributed by atoms with Gasteiger partial charge in [-0.2, -0.15) is 0 Å². The van der Waals surface area contributed by atoms with Crippen LogP contribution in [-0.4, -0.2) is 12.0 Å². The number of halogens is 1. The number of nitrogens with zero attached hydrogens (tertiary/aromatic N) is 2. The van der Waals surface area contributed by atoms with E-state index in [9.17, 15) is 4.39 Å². The molecule has 0 radical (unpaired) electrons. The standard InChI is InChI=1S/C16H14FN3/c1-20(12-4-2-11(17)3-5-12)16-7-6-15(18)13-8-9-19-10-14(13)16/h2-10H,18H2,1H3. The molecule has 0 fully saturated rings. The Morgan fingerprint density at radius 3 is 2.50 bits per heavy atom. The van der Waals surface area contributed by atoms with E-state index >= 15 is 0 Å². The lowest BCUT2D eigenvalue weighted by atomic mass is 10.1. The van der Waals surface area contributed by atoms with Gasteiger partial charge in [0.25, 0.3) is 0 Å². The van der Waals surface area contributed by atoms with Crippen molar-refractivity contribution in [3.63, 3.8) is 0 Å². The molecule has 0 aliphatic rings. The summed E-state index contributed by atoms with van der Waals surface area (Å²) in [5.74, 6) is -0.244. The number of hydrogen-bond acceptors (Lipinski definition) is 3. The van der Waals surface area contributed by atoms with Crippen molar-refractivity contribution in [2.75, 3.05) is 17.7 Å². The third-order valence-corrected chi connectivity index (χ3v) is 3.40. The van der Waals surface area contributed by atoms with Crippen LogP contribution in [0.5, 0.6) is 0 Å². The zero-order chi connectivity index (χ0) is 14.1. The van der Waals surface area contributed by atoms with E-state index in [2.05, 4.69) is 4.98 Å². The normalized spacial score (nSPS) is 10.7. The second kappa shape index (κ2) is 4.81. The number of fused-ring (bicyclic) bond motifs is 1. The number of nitrogen functional groups attached to an aromatic ring is 1. The molecule has 3 nitrogen and oxygen atoms in total. The molecule has 0 amide bonds. The summed E-state index contributed by atoms with van der Waals surface area (Å²) in [5.41, 5.74) is 8.59. The summed E-state index contributed by atoms with van der Waals surface area (Å²) in [6, 6.07) is 12.1. The highest BCUT2D eigenvalue weighted by Crippen LogP contribution is 2.33. The SMILES string of the molecule is CN(c1ccc(F)cc1)c1ccc(N)c2ccncc12. The predicted octanol–water partition coefficient (Wildman–Crippen LogP) is 3.72. The molecule has 0 aliphatic carbocycles. The monoisotopic (exact) mass is 267 g/mol. The molecule has 3 aromatic rings. The van der Waals surface area contributed by atoms with E-state index in [1.54, 1.807) is 24.5 Å². The molecule has 2 N–H and O–H groups in total. The lowest BCUT2D eigenvalue weighted by Crippen LogP contribution is -2.10. The second-order valence-electron chi connectivity index (χ2n) is 4.63. The third-order valence-electron chi connectivity index (χ3n) is 3.40. The number of anilines is 3. The van der Waals surface area contributed by atoms with E-state index in [4.69, 9.17) is 5.73 Å². The zero-order valence-electron chi connectivity index (χ0n) is 11.0. The van der Waals surface area contributed by atoms with Crippen molar-refractivity contribution in [2.45, 2.75) is 0 Å². The van der Waals surface area contributed by atoms with Gasteiger partial charge in [0.05, 0.1) is 5.69 Å². The van der Waals surface area contributed by atoms with Gasteiger partial charge in [-0.05, 0) is 42.5 Å². The van der Waals surface area contributed by atoms with Gasteiger partial charge in [-0.15, -0.1) is 0 Å². The van der Waals surface area contributed by atoms with E-state index in [1.165, 1.54) is 12.1 Å². The summed E-state index contributed by atoms with van der Waals surface area (Å²) < 4.78 is 13.0. The Balaban J connectivity index is 2.14. The van der Waals surface area contributed by atoms with Crippen LogP contribution in [0, 0.1) is 5.82 Å². The highest BCUT2D eigenvalue weighted by molar-refractivity contribution is 6.01. The number of hydrogen-bond donors (Lipinski definition) is 1. The minimum Gasteiger partial charge on any atom is -0.398 e. The molecule has 4 heteroatoms. The van der Waals surface area contributed by atoms with Crippen LogP contribution in [0.4, 0.5) is 21.5 Å². The molecule has 0 saturated heterocycles. The molecular formula is C16H14FN3. The van der Waals surface area contributed by atoms with E-state index < -0.39 is 0 Å². The van der Waals surface area contributed by atoms with Crippen LogP contribution >= 0.6 is 0 Å². The van der Waals surface area contributed by atoms with Crippen molar-refractivity contribution in [2.24, 2.45) is 0 Å². The molecule has 3 rings (SSSR count). The average molecular weight is 267 g/mol. The quantitative estimate of drug-likeness (QED) is 0.719. The van der Waals surface area contributed by atoms with Crippen LogP contribution in [0.2, 0.25) is 0 Å². The highest BCUT2D eigenvalue weighted by atomic mass is 19.1. The molecule has 0 bridgehead atoms.